The number of rotatable bonds is 9. The van der Waals surface area contributed by atoms with Crippen LogP contribution in [0.3, 0.4) is 0 Å². The summed E-state index contributed by atoms with van der Waals surface area (Å²) in [6.45, 7) is 5.05. The molecule has 3 fully saturated rings. The maximum absolute atomic E-state index is 13.7. The van der Waals surface area contributed by atoms with Gasteiger partial charge in [0.1, 0.15) is 17.3 Å². The predicted octanol–water partition coefficient (Wildman–Crippen LogP) is 3.62. The molecule has 4 rings (SSSR count). The molecule has 2 aliphatic heterocycles. The predicted molar refractivity (Wildman–Crippen MR) is 136 cm³/mol. The Morgan fingerprint density at radius 2 is 1.89 bits per heavy atom. The van der Waals surface area contributed by atoms with Gasteiger partial charge in [-0.2, -0.15) is 0 Å². The first-order valence-corrected chi connectivity index (χ1v) is 13.6. The molecule has 3 aliphatic rings. The van der Waals surface area contributed by atoms with E-state index in [1.165, 1.54) is 32.1 Å². The minimum absolute atomic E-state index is 0.0475. The number of hydrogen-bond acceptors (Lipinski definition) is 5. The van der Waals surface area contributed by atoms with Crippen molar-refractivity contribution in [1.82, 2.24) is 15.1 Å². The van der Waals surface area contributed by atoms with Gasteiger partial charge in [-0.1, -0.05) is 57.6 Å². The molecule has 2 saturated heterocycles. The standard InChI is InChI=1S/C28H43N3O4/c1-3-4-14-31-26(33)24(17-21-8-6-5-7-9-21)29-27(34)28(31)12-15-30(16-13-28)19-22-10-11-23(20-32)25(18-22)35-2/h10-11,18,21,24,32H,3-9,12-17,19-20H2,1-2H3,(H,29,34). The lowest BCUT2D eigenvalue weighted by Gasteiger charge is -2.52. The molecule has 2 amide bonds. The second-order valence-electron chi connectivity index (χ2n) is 10.7. The van der Waals surface area contributed by atoms with Crippen molar-refractivity contribution >= 4 is 11.8 Å². The first kappa shape index (κ1) is 26.0. The van der Waals surface area contributed by atoms with Crippen LogP contribution in [0.25, 0.3) is 0 Å². The third-order valence-corrected chi connectivity index (χ3v) is 8.45. The van der Waals surface area contributed by atoms with Crippen molar-refractivity contribution in [2.24, 2.45) is 5.92 Å². The average molecular weight is 486 g/mol. The van der Waals surface area contributed by atoms with Crippen molar-refractivity contribution in [1.29, 1.82) is 0 Å². The number of nitrogens with one attached hydrogen (secondary N) is 1. The zero-order chi connectivity index (χ0) is 24.8. The van der Waals surface area contributed by atoms with E-state index in [-0.39, 0.29) is 24.5 Å². The molecule has 7 nitrogen and oxygen atoms in total. The number of amides is 2. The quantitative estimate of drug-likeness (QED) is 0.558. The van der Waals surface area contributed by atoms with Crippen LogP contribution in [0.2, 0.25) is 0 Å². The van der Waals surface area contributed by atoms with Crippen molar-refractivity contribution in [3.63, 3.8) is 0 Å². The van der Waals surface area contributed by atoms with Gasteiger partial charge in [-0.25, -0.2) is 0 Å². The fourth-order valence-electron chi connectivity index (χ4n) is 6.29. The van der Waals surface area contributed by atoms with Gasteiger partial charge in [0.05, 0.1) is 13.7 Å². The van der Waals surface area contributed by atoms with Gasteiger partial charge in [-0.05, 0) is 43.2 Å². The molecule has 7 heteroatoms. The molecule has 2 N–H and O–H groups in total. The zero-order valence-corrected chi connectivity index (χ0v) is 21.6. The van der Waals surface area contributed by atoms with Crippen LogP contribution in [-0.4, -0.2) is 65.0 Å². The van der Waals surface area contributed by atoms with Gasteiger partial charge in [-0.3, -0.25) is 14.5 Å². The van der Waals surface area contributed by atoms with Gasteiger partial charge in [-0.15, -0.1) is 0 Å². The van der Waals surface area contributed by atoms with Gasteiger partial charge in [0.15, 0.2) is 0 Å². The van der Waals surface area contributed by atoms with E-state index in [1.54, 1.807) is 7.11 Å². The Kier molecular flexibility index (Phi) is 8.71. The van der Waals surface area contributed by atoms with E-state index < -0.39 is 5.54 Å². The van der Waals surface area contributed by atoms with E-state index in [9.17, 15) is 14.7 Å². The first-order chi connectivity index (χ1) is 17.0. The van der Waals surface area contributed by atoms with Crippen LogP contribution in [0.1, 0.15) is 82.3 Å². The lowest BCUT2D eigenvalue weighted by molar-refractivity contribution is -0.162. The number of carbonyl (C=O) groups excluding carboxylic acids is 2. The number of piperazine rings is 1. The number of ether oxygens (including phenoxy) is 1. The molecule has 1 atom stereocenters. The fourth-order valence-corrected chi connectivity index (χ4v) is 6.29. The maximum Gasteiger partial charge on any atom is 0.246 e. The third kappa shape index (κ3) is 5.67. The lowest BCUT2D eigenvalue weighted by atomic mass is 9.79. The number of aliphatic hydroxyl groups excluding tert-OH is 1. The second-order valence-corrected chi connectivity index (χ2v) is 10.7. The minimum atomic E-state index is -0.718. The number of methoxy groups -OCH3 is 1. The third-order valence-electron chi connectivity index (χ3n) is 8.45. The molecule has 1 aromatic rings. The number of aliphatic hydroxyl groups is 1. The highest BCUT2D eigenvalue weighted by atomic mass is 16.5. The summed E-state index contributed by atoms with van der Waals surface area (Å²) in [6, 6.07) is 5.56. The monoisotopic (exact) mass is 485 g/mol. The number of nitrogens with zero attached hydrogens (tertiary/aromatic N) is 2. The Balaban J connectivity index is 1.43. The van der Waals surface area contributed by atoms with Gasteiger partial charge in [0.2, 0.25) is 11.8 Å². The molecular weight excluding hydrogens is 442 g/mol. The Morgan fingerprint density at radius 3 is 2.54 bits per heavy atom. The van der Waals surface area contributed by atoms with Crippen LogP contribution in [0.5, 0.6) is 5.75 Å². The highest BCUT2D eigenvalue weighted by Gasteiger charge is 2.53. The second kappa shape index (κ2) is 11.7. The van der Waals surface area contributed by atoms with E-state index in [1.807, 2.05) is 23.1 Å². The van der Waals surface area contributed by atoms with Crippen LogP contribution in [0, 0.1) is 5.92 Å². The summed E-state index contributed by atoms with van der Waals surface area (Å²) in [6.07, 6.45) is 10.2. The van der Waals surface area contributed by atoms with Crippen LogP contribution in [-0.2, 0) is 22.7 Å². The summed E-state index contributed by atoms with van der Waals surface area (Å²) in [4.78, 5) is 31.6. The molecule has 0 bridgehead atoms. The number of benzene rings is 1. The van der Waals surface area contributed by atoms with Crippen LogP contribution < -0.4 is 10.1 Å². The Morgan fingerprint density at radius 1 is 1.14 bits per heavy atom. The summed E-state index contributed by atoms with van der Waals surface area (Å²) < 4.78 is 5.42. The van der Waals surface area contributed by atoms with Crippen molar-refractivity contribution in [2.75, 3.05) is 26.7 Å². The highest BCUT2D eigenvalue weighted by molar-refractivity contribution is 6.00. The molecule has 0 radical (unpaired) electrons. The molecule has 1 spiro atoms. The lowest BCUT2D eigenvalue weighted by Crippen LogP contribution is -2.73. The molecule has 2 heterocycles. The van der Waals surface area contributed by atoms with Crippen molar-refractivity contribution < 1.29 is 19.4 Å². The number of hydrogen-bond donors (Lipinski definition) is 2. The normalized spacial score (nSPS) is 23.5. The maximum atomic E-state index is 13.7. The summed E-state index contributed by atoms with van der Waals surface area (Å²) in [5.74, 6) is 1.45. The van der Waals surface area contributed by atoms with Gasteiger partial charge >= 0.3 is 0 Å². The summed E-state index contributed by atoms with van der Waals surface area (Å²) >= 11 is 0. The summed E-state index contributed by atoms with van der Waals surface area (Å²) in [5.41, 5.74) is 1.18. The van der Waals surface area contributed by atoms with E-state index in [0.717, 1.165) is 50.0 Å². The van der Waals surface area contributed by atoms with Gasteiger partial charge in [0, 0.05) is 31.7 Å². The number of unbranched alkanes of at least 4 members (excludes halogenated alkanes) is 1. The Bertz CT molecular complexity index is 875. The van der Waals surface area contributed by atoms with Crippen LogP contribution in [0.4, 0.5) is 0 Å². The largest absolute Gasteiger partial charge is 0.496 e. The molecule has 35 heavy (non-hydrogen) atoms. The Labute approximate surface area is 210 Å². The summed E-state index contributed by atoms with van der Waals surface area (Å²) in [5, 5.41) is 12.7. The average Bonchev–Trinajstić information content (AvgIpc) is 2.89. The van der Waals surface area contributed by atoms with E-state index in [4.69, 9.17) is 4.74 Å². The minimum Gasteiger partial charge on any atom is -0.496 e. The molecular formula is C28H43N3O4. The molecule has 0 aromatic heterocycles. The number of carbonyl (C=O) groups is 2. The van der Waals surface area contributed by atoms with E-state index in [0.29, 0.717) is 31.1 Å². The topological polar surface area (TPSA) is 82.1 Å². The molecule has 1 aromatic carbocycles. The van der Waals surface area contributed by atoms with Crippen molar-refractivity contribution in [3.8, 4) is 5.75 Å². The van der Waals surface area contributed by atoms with Gasteiger partial charge in [0.25, 0.3) is 0 Å². The SMILES string of the molecule is CCCCN1C(=O)C(CC2CCCCC2)NC(=O)C12CCN(Cc1ccc(CO)c(OC)c1)CC2. The van der Waals surface area contributed by atoms with E-state index >= 15 is 0 Å². The smallest absolute Gasteiger partial charge is 0.246 e. The molecule has 1 saturated carbocycles. The van der Waals surface area contributed by atoms with Crippen LogP contribution in [0.15, 0.2) is 18.2 Å². The van der Waals surface area contributed by atoms with Crippen LogP contribution >= 0.6 is 0 Å². The molecule has 1 aliphatic carbocycles. The molecule has 194 valence electrons. The fraction of sp³-hybridized carbons (Fsp3) is 0.714. The number of piperidine rings is 1. The Hall–Kier alpha value is -2.12. The van der Waals surface area contributed by atoms with Gasteiger partial charge < -0.3 is 20.1 Å². The van der Waals surface area contributed by atoms with Crippen molar-refractivity contribution in [3.05, 3.63) is 29.3 Å². The zero-order valence-electron chi connectivity index (χ0n) is 21.6. The number of likely N-dealkylation sites (tertiary alicyclic amines) is 1. The summed E-state index contributed by atoms with van der Waals surface area (Å²) in [7, 11) is 1.62. The van der Waals surface area contributed by atoms with Crippen molar-refractivity contribution in [2.45, 2.75) is 95.9 Å². The molecule has 1 unspecified atom stereocenters. The first-order valence-electron chi connectivity index (χ1n) is 13.6. The van der Waals surface area contributed by atoms with E-state index in [2.05, 4.69) is 17.1 Å². The highest BCUT2D eigenvalue weighted by Crippen LogP contribution is 2.36.